The largest absolute Gasteiger partial charge is 0.439 e. The summed E-state index contributed by atoms with van der Waals surface area (Å²) in [5, 5.41) is 2.85. The van der Waals surface area contributed by atoms with Crippen molar-refractivity contribution in [2.24, 2.45) is 11.7 Å². The minimum absolute atomic E-state index is 0. The minimum Gasteiger partial charge on any atom is -0.439 e. The molecule has 8 heteroatoms. The van der Waals surface area contributed by atoms with Gasteiger partial charge in [-0.1, -0.05) is 6.07 Å². The highest BCUT2D eigenvalue weighted by Gasteiger charge is 2.26. The molecule has 3 rings (SSSR count). The molecule has 1 unspecified atom stereocenters. The van der Waals surface area contributed by atoms with Gasteiger partial charge in [-0.25, -0.2) is 4.98 Å². The van der Waals surface area contributed by atoms with Crippen molar-refractivity contribution in [2.75, 3.05) is 18.5 Å². The molecule has 26 heavy (non-hydrogen) atoms. The second-order valence-corrected chi connectivity index (χ2v) is 5.76. The summed E-state index contributed by atoms with van der Waals surface area (Å²) >= 11 is 0. The van der Waals surface area contributed by atoms with Gasteiger partial charge < -0.3 is 20.5 Å². The molecule has 1 amide bonds. The zero-order valence-corrected chi connectivity index (χ0v) is 15.8. The van der Waals surface area contributed by atoms with Gasteiger partial charge in [-0.05, 0) is 49.1 Å². The van der Waals surface area contributed by atoms with Gasteiger partial charge in [-0.2, -0.15) is 0 Å². The molecule has 0 saturated carbocycles. The van der Waals surface area contributed by atoms with Crippen molar-refractivity contribution < 1.29 is 14.3 Å². The number of nitrogens with zero attached hydrogens (tertiary/aromatic N) is 1. The van der Waals surface area contributed by atoms with Gasteiger partial charge in [-0.15, -0.1) is 24.8 Å². The zero-order valence-electron chi connectivity index (χ0n) is 14.2. The average molecular weight is 400 g/mol. The van der Waals surface area contributed by atoms with E-state index in [1.54, 1.807) is 36.5 Å². The van der Waals surface area contributed by atoms with E-state index in [0.717, 1.165) is 12.8 Å². The van der Waals surface area contributed by atoms with Gasteiger partial charge in [0, 0.05) is 31.2 Å². The normalized spacial score (nSPS) is 15.1. The van der Waals surface area contributed by atoms with Gasteiger partial charge in [0.05, 0.1) is 6.04 Å². The highest BCUT2D eigenvalue weighted by atomic mass is 35.5. The average Bonchev–Trinajstić information content (AvgIpc) is 2.64. The molecule has 0 aliphatic carbocycles. The number of carbonyl (C=O) groups is 1. The highest BCUT2D eigenvalue weighted by molar-refractivity contribution is 5.94. The maximum absolute atomic E-state index is 12.3. The molecule has 6 nitrogen and oxygen atoms in total. The fourth-order valence-electron chi connectivity index (χ4n) is 2.65. The first kappa shape index (κ1) is 22.2. The van der Waals surface area contributed by atoms with Crippen LogP contribution in [0.5, 0.6) is 11.6 Å². The maximum atomic E-state index is 12.3. The third-order valence-corrected chi connectivity index (χ3v) is 4.06. The Labute approximate surface area is 165 Å². The summed E-state index contributed by atoms with van der Waals surface area (Å²) in [7, 11) is 0. The minimum atomic E-state index is -0.515. The van der Waals surface area contributed by atoms with Crippen LogP contribution in [0.15, 0.2) is 48.7 Å². The molecular weight excluding hydrogens is 377 g/mol. The van der Waals surface area contributed by atoms with E-state index in [-0.39, 0.29) is 36.6 Å². The molecule has 1 aliphatic heterocycles. The van der Waals surface area contributed by atoms with Crippen LogP contribution in [0.3, 0.4) is 0 Å². The number of carbonyl (C=O) groups excluding carboxylic acids is 1. The van der Waals surface area contributed by atoms with E-state index in [9.17, 15) is 4.79 Å². The lowest BCUT2D eigenvalue weighted by Crippen LogP contribution is -2.43. The SMILES string of the molecule is Cl.Cl.NC(C(=O)Nc1ccc(Oc2ccccn2)cc1)C1CCOCC1. The van der Waals surface area contributed by atoms with Crippen molar-refractivity contribution in [3.05, 3.63) is 48.7 Å². The molecule has 1 fully saturated rings. The second-order valence-electron chi connectivity index (χ2n) is 5.76. The van der Waals surface area contributed by atoms with Gasteiger partial charge in [0.1, 0.15) is 5.75 Å². The summed E-state index contributed by atoms with van der Waals surface area (Å²) in [6.45, 7) is 1.34. The lowest BCUT2D eigenvalue weighted by Gasteiger charge is -2.26. The summed E-state index contributed by atoms with van der Waals surface area (Å²) in [5.74, 6) is 1.18. The van der Waals surface area contributed by atoms with Crippen LogP contribution in [0.2, 0.25) is 0 Å². The van der Waals surface area contributed by atoms with E-state index in [4.69, 9.17) is 15.2 Å². The number of hydrogen-bond donors (Lipinski definition) is 2. The third kappa shape index (κ3) is 6.14. The number of aromatic nitrogens is 1. The van der Waals surface area contributed by atoms with Crippen LogP contribution in [0.25, 0.3) is 0 Å². The fourth-order valence-corrected chi connectivity index (χ4v) is 2.65. The van der Waals surface area contributed by atoms with Crippen molar-refractivity contribution in [2.45, 2.75) is 18.9 Å². The zero-order chi connectivity index (χ0) is 16.8. The molecule has 0 radical (unpaired) electrons. The van der Waals surface area contributed by atoms with Crippen LogP contribution < -0.4 is 15.8 Å². The van der Waals surface area contributed by atoms with E-state index >= 15 is 0 Å². The van der Waals surface area contributed by atoms with Crippen molar-refractivity contribution in [1.82, 2.24) is 4.98 Å². The molecule has 1 saturated heterocycles. The predicted molar refractivity (Wildman–Crippen MR) is 105 cm³/mol. The number of pyridine rings is 1. The van der Waals surface area contributed by atoms with Crippen LogP contribution in [-0.2, 0) is 9.53 Å². The van der Waals surface area contributed by atoms with Gasteiger partial charge in [0.25, 0.3) is 0 Å². The maximum Gasteiger partial charge on any atom is 0.241 e. The van der Waals surface area contributed by atoms with Crippen LogP contribution in [0, 0.1) is 5.92 Å². The molecule has 0 bridgehead atoms. The molecule has 1 aromatic carbocycles. The molecule has 2 heterocycles. The topological polar surface area (TPSA) is 86.5 Å². The van der Waals surface area contributed by atoms with Gasteiger partial charge in [-0.3, -0.25) is 4.79 Å². The van der Waals surface area contributed by atoms with Crippen molar-refractivity contribution in [3.8, 4) is 11.6 Å². The van der Waals surface area contributed by atoms with Crippen LogP contribution in [0.4, 0.5) is 5.69 Å². The predicted octanol–water partition coefficient (Wildman–Crippen LogP) is 3.41. The first-order valence-electron chi connectivity index (χ1n) is 8.05. The number of amides is 1. The lowest BCUT2D eigenvalue weighted by atomic mass is 9.92. The number of rotatable bonds is 5. The summed E-state index contributed by atoms with van der Waals surface area (Å²) < 4.78 is 10.9. The first-order valence-corrected chi connectivity index (χ1v) is 8.05. The molecule has 0 spiro atoms. The highest BCUT2D eigenvalue weighted by Crippen LogP contribution is 2.22. The van der Waals surface area contributed by atoms with Gasteiger partial charge >= 0.3 is 0 Å². The molecule has 2 aromatic rings. The molecule has 1 aliphatic rings. The van der Waals surface area contributed by atoms with E-state index in [1.165, 1.54) is 0 Å². The number of hydrogen-bond acceptors (Lipinski definition) is 5. The van der Waals surface area contributed by atoms with Crippen molar-refractivity contribution >= 4 is 36.4 Å². The molecule has 1 atom stereocenters. The van der Waals surface area contributed by atoms with E-state index in [0.29, 0.717) is 30.5 Å². The van der Waals surface area contributed by atoms with Gasteiger partial charge in [0.2, 0.25) is 11.8 Å². The number of halogens is 2. The quantitative estimate of drug-likeness (QED) is 0.804. The van der Waals surface area contributed by atoms with Crippen molar-refractivity contribution in [1.29, 1.82) is 0 Å². The third-order valence-electron chi connectivity index (χ3n) is 4.06. The Hall–Kier alpha value is -1.86. The molecule has 3 N–H and O–H groups in total. The summed E-state index contributed by atoms with van der Waals surface area (Å²) in [5.41, 5.74) is 6.76. The number of nitrogens with two attached hydrogens (primary N) is 1. The van der Waals surface area contributed by atoms with E-state index < -0.39 is 6.04 Å². The Kier molecular flexibility index (Phi) is 9.37. The smallest absolute Gasteiger partial charge is 0.241 e. The fraction of sp³-hybridized carbons (Fsp3) is 0.333. The Morgan fingerprint density at radius 2 is 1.85 bits per heavy atom. The Balaban J connectivity index is 0.00000169. The van der Waals surface area contributed by atoms with Crippen LogP contribution in [0.1, 0.15) is 12.8 Å². The Bertz CT molecular complexity index is 665. The van der Waals surface area contributed by atoms with Gasteiger partial charge in [0.15, 0.2) is 0 Å². The van der Waals surface area contributed by atoms with Crippen LogP contribution >= 0.6 is 24.8 Å². The first-order chi connectivity index (χ1) is 11.7. The van der Waals surface area contributed by atoms with E-state index in [2.05, 4.69) is 10.3 Å². The number of nitrogens with one attached hydrogen (secondary N) is 1. The standard InChI is InChI=1S/C18H21N3O3.2ClH/c19-17(13-8-11-23-12-9-13)18(22)21-14-4-6-15(7-5-14)24-16-3-1-2-10-20-16;;/h1-7,10,13,17H,8-9,11-12,19H2,(H,21,22);2*1H. The summed E-state index contributed by atoms with van der Waals surface area (Å²) in [6.07, 6.45) is 3.32. The monoisotopic (exact) mass is 399 g/mol. The molecule has 1 aromatic heterocycles. The van der Waals surface area contributed by atoms with Crippen molar-refractivity contribution in [3.63, 3.8) is 0 Å². The summed E-state index contributed by atoms with van der Waals surface area (Å²) in [6, 6.07) is 12.1. The number of anilines is 1. The molecular formula is C18H23Cl2N3O3. The summed E-state index contributed by atoms with van der Waals surface area (Å²) in [4.78, 5) is 16.4. The second kappa shape index (κ2) is 11.0. The Morgan fingerprint density at radius 1 is 1.15 bits per heavy atom. The lowest BCUT2D eigenvalue weighted by molar-refractivity contribution is -0.119. The Morgan fingerprint density at radius 3 is 2.46 bits per heavy atom. The molecule has 142 valence electrons. The van der Waals surface area contributed by atoms with Crippen LogP contribution in [-0.4, -0.2) is 30.1 Å². The van der Waals surface area contributed by atoms with E-state index in [1.807, 2.05) is 12.1 Å². The number of benzene rings is 1. The number of ether oxygens (including phenoxy) is 2.